The minimum absolute atomic E-state index is 0.237. The van der Waals surface area contributed by atoms with Gasteiger partial charge in [0.05, 0.1) is 11.2 Å². The maximum atomic E-state index is 12.2. The number of anilines is 1. The summed E-state index contributed by atoms with van der Waals surface area (Å²) in [4.78, 5) is 16.7. The number of aryl methyl sites for hydroxylation is 1. The van der Waals surface area contributed by atoms with Crippen LogP contribution in [0.4, 0.5) is 5.69 Å². The van der Waals surface area contributed by atoms with Crippen molar-refractivity contribution in [3.63, 3.8) is 0 Å². The van der Waals surface area contributed by atoms with E-state index in [1.807, 2.05) is 49.4 Å². The molecule has 5 heteroatoms. The number of para-hydroxylation sites is 1. The quantitative estimate of drug-likeness (QED) is 0.476. The summed E-state index contributed by atoms with van der Waals surface area (Å²) in [5.41, 5.74) is 4.74. The third-order valence-corrected chi connectivity index (χ3v) is 4.58. The van der Waals surface area contributed by atoms with Gasteiger partial charge in [-0.2, -0.15) is 0 Å². The highest BCUT2D eigenvalue weighted by molar-refractivity contribution is 7.80. The standard InChI is InChI=1S/C23H23N3OS/c1-15(2)18-12-8-17(9-13-18)10-14-21(27)26-23(28)25-20-6-4-5-19-11-7-16(3)24-22(19)20/h4-15H,1-3H3,(H2,25,26,27,28)/b14-10+. The minimum atomic E-state index is -0.283. The molecule has 1 heterocycles. The largest absolute Gasteiger partial charge is 0.331 e. The zero-order valence-electron chi connectivity index (χ0n) is 16.2. The molecule has 1 aromatic heterocycles. The summed E-state index contributed by atoms with van der Waals surface area (Å²) in [5.74, 6) is 0.201. The van der Waals surface area contributed by atoms with Crippen molar-refractivity contribution in [1.82, 2.24) is 10.3 Å². The predicted octanol–water partition coefficient (Wildman–Crippen LogP) is 5.19. The normalized spacial score (nSPS) is 11.1. The van der Waals surface area contributed by atoms with Gasteiger partial charge in [-0.3, -0.25) is 15.1 Å². The highest BCUT2D eigenvalue weighted by atomic mass is 32.1. The Kier molecular flexibility index (Phi) is 6.16. The molecule has 0 fully saturated rings. The predicted molar refractivity (Wildman–Crippen MR) is 120 cm³/mol. The van der Waals surface area contributed by atoms with Gasteiger partial charge in [-0.05, 0) is 54.4 Å². The third kappa shape index (κ3) is 5.02. The van der Waals surface area contributed by atoms with Gasteiger partial charge in [0.1, 0.15) is 0 Å². The van der Waals surface area contributed by atoms with E-state index in [9.17, 15) is 4.79 Å². The Morgan fingerprint density at radius 2 is 1.82 bits per heavy atom. The number of thiocarbonyl (C=S) groups is 1. The maximum absolute atomic E-state index is 12.2. The molecule has 28 heavy (non-hydrogen) atoms. The lowest BCUT2D eigenvalue weighted by atomic mass is 10.0. The van der Waals surface area contributed by atoms with Gasteiger partial charge >= 0.3 is 0 Å². The maximum Gasteiger partial charge on any atom is 0.250 e. The van der Waals surface area contributed by atoms with E-state index in [1.165, 1.54) is 11.6 Å². The Bertz CT molecular complexity index is 1040. The number of pyridine rings is 1. The lowest BCUT2D eigenvalue weighted by Crippen LogP contribution is -2.32. The van der Waals surface area contributed by atoms with Crippen LogP contribution in [-0.2, 0) is 4.79 Å². The van der Waals surface area contributed by atoms with Crippen molar-refractivity contribution < 1.29 is 4.79 Å². The number of nitrogens with one attached hydrogen (secondary N) is 2. The average Bonchev–Trinajstić information content (AvgIpc) is 2.67. The van der Waals surface area contributed by atoms with Crippen LogP contribution in [-0.4, -0.2) is 16.0 Å². The average molecular weight is 390 g/mol. The fourth-order valence-electron chi connectivity index (χ4n) is 2.82. The number of hydrogen-bond donors (Lipinski definition) is 2. The van der Waals surface area contributed by atoms with Crippen molar-refractivity contribution in [2.24, 2.45) is 0 Å². The summed E-state index contributed by atoms with van der Waals surface area (Å²) in [7, 11) is 0. The number of carbonyl (C=O) groups excluding carboxylic acids is 1. The van der Waals surface area contributed by atoms with Crippen molar-refractivity contribution in [3.8, 4) is 0 Å². The molecule has 2 aromatic carbocycles. The summed E-state index contributed by atoms with van der Waals surface area (Å²) in [5, 5.41) is 6.98. The van der Waals surface area contributed by atoms with E-state index in [2.05, 4.69) is 41.6 Å². The second-order valence-electron chi connectivity index (χ2n) is 6.93. The zero-order chi connectivity index (χ0) is 20.1. The van der Waals surface area contributed by atoms with Crippen molar-refractivity contribution in [2.45, 2.75) is 26.7 Å². The SMILES string of the molecule is Cc1ccc2cccc(NC(=S)NC(=O)/C=C/c3ccc(C(C)C)cc3)c2n1. The Balaban J connectivity index is 1.63. The highest BCUT2D eigenvalue weighted by Gasteiger charge is 2.06. The van der Waals surface area contributed by atoms with Crippen LogP contribution in [0.5, 0.6) is 0 Å². The third-order valence-electron chi connectivity index (χ3n) is 4.37. The van der Waals surface area contributed by atoms with Gasteiger partial charge in [0.25, 0.3) is 0 Å². The van der Waals surface area contributed by atoms with Gasteiger partial charge in [-0.1, -0.05) is 56.3 Å². The van der Waals surface area contributed by atoms with Gasteiger partial charge in [-0.25, -0.2) is 0 Å². The number of hydrogen-bond acceptors (Lipinski definition) is 3. The van der Waals surface area contributed by atoms with Gasteiger partial charge in [-0.15, -0.1) is 0 Å². The molecule has 3 rings (SSSR count). The number of carbonyl (C=O) groups is 1. The summed E-state index contributed by atoms with van der Waals surface area (Å²) in [6, 6.07) is 17.9. The number of amides is 1. The molecule has 4 nitrogen and oxygen atoms in total. The molecular formula is C23H23N3OS. The Morgan fingerprint density at radius 1 is 1.07 bits per heavy atom. The molecule has 0 spiro atoms. The van der Waals surface area contributed by atoms with E-state index in [0.29, 0.717) is 5.92 Å². The van der Waals surface area contributed by atoms with Crippen molar-refractivity contribution in [3.05, 3.63) is 77.5 Å². The number of rotatable bonds is 4. The van der Waals surface area contributed by atoms with Crippen LogP contribution in [0.1, 0.15) is 36.6 Å². The Hall–Kier alpha value is -3.05. The van der Waals surface area contributed by atoms with Crippen LogP contribution in [0, 0.1) is 6.92 Å². The smallest absolute Gasteiger partial charge is 0.250 e. The molecule has 0 saturated carbocycles. The van der Waals surface area contributed by atoms with E-state index in [-0.39, 0.29) is 11.0 Å². The first kappa shape index (κ1) is 19.7. The molecule has 0 aliphatic carbocycles. The van der Waals surface area contributed by atoms with Crippen LogP contribution in [0.15, 0.2) is 60.7 Å². The summed E-state index contributed by atoms with van der Waals surface area (Å²) < 4.78 is 0. The van der Waals surface area contributed by atoms with Crippen LogP contribution >= 0.6 is 12.2 Å². The first-order valence-corrected chi connectivity index (χ1v) is 9.59. The molecular weight excluding hydrogens is 366 g/mol. The van der Waals surface area contributed by atoms with Crippen LogP contribution in [0.3, 0.4) is 0 Å². The molecule has 0 radical (unpaired) electrons. The molecule has 0 bridgehead atoms. The second-order valence-corrected chi connectivity index (χ2v) is 7.34. The van der Waals surface area contributed by atoms with Gasteiger partial charge in [0, 0.05) is 17.2 Å². The van der Waals surface area contributed by atoms with Crippen molar-refractivity contribution in [1.29, 1.82) is 0 Å². The van der Waals surface area contributed by atoms with Gasteiger partial charge in [0.2, 0.25) is 5.91 Å². The monoisotopic (exact) mass is 389 g/mol. The molecule has 3 aromatic rings. The van der Waals surface area contributed by atoms with Crippen LogP contribution in [0.2, 0.25) is 0 Å². The summed E-state index contributed by atoms with van der Waals surface area (Å²) in [6.07, 6.45) is 3.24. The lowest BCUT2D eigenvalue weighted by Gasteiger charge is -2.10. The topological polar surface area (TPSA) is 54.0 Å². The number of fused-ring (bicyclic) bond motifs is 1. The summed E-state index contributed by atoms with van der Waals surface area (Å²) >= 11 is 5.28. The molecule has 0 saturated heterocycles. The molecule has 142 valence electrons. The van der Waals surface area contributed by atoms with E-state index < -0.39 is 0 Å². The Labute approximate surface area is 170 Å². The van der Waals surface area contributed by atoms with E-state index in [1.54, 1.807) is 6.08 Å². The summed E-state index contributed by atoms with van der Waals surface area (Å²) in [6.45, 7) is 6.24. The molecule has 2 N–H and O–H groups in total. The Morgan fingerprint density at radius 3 is 2.54 bits per heavy atom. The fourth-order valence-corrected chi connectivity index (χ4v) is 3.03. The van der Waals surface area contributed by atoms with Gasteiger partial charge < -0.3 is 5.32 Å². The van der Waals surface area contributed by atoms with E-state index >= 15 is 0 Å². The minimum Gasteiger partial charge on any atom is -0.331 e. The van der Waals surface area contributed by atoms with Crippen LogP contribution < -0.4 is 10.6 Å². The molecule has 0 aliphatic rings. The lowest BCUT2D eigenvalue weighted by molar-refractivity contribution is -0.115. The molecule has 0 atom stereocenters. The van der Waals surface area contributed by atoms with Crippen molar-refractivity contribution >= 4 is 45.9 Å². The number of aromatic nitrogens is 1. The van der Waals surface area contributed by atoms with E-state index in [0.717, 1.165) is 27.8 Å². The number of benzene rings is 2. The number of nitrogens with zero attached hydrogens (tertiary/aromatic N) is 1. The molecule has 0 aliphatic heterocycles. The first-order valence-electron chi connectivity index (χ1n) is 9.19. The van der Waals surface area contributed by atoms with Crippen LogP contribution in [0.25, 0.3) is 17.0 Å². The van der Waals surface area contributed by atoms with E-state index in [4.69, 9.17) is 12.2 Å². The first-order chi connectivity index (χ1) is 13.4. The second kappa shape index (κ2) is 8.76. The molecule has 0 unspecified atom stereocenters. The fraction of sp³-hybridized carbons (Fsp3) is 0.174. The highest BCUT2D eigenvalue weighted by Crippen LogP contribution is 2.21. The van der Waals surface area contributed by atoms with Gasteiger partial charge in [0.15, 0.2) is 5.11 Å². The van der Waals surface area contributed by atoms with Crippen molar-refractivity contribution in [2.75, 3.05) is 5.32 Å². The zero-order valence-corrected chi connectivity index (χ0v) is 17.0. The molecule has 1 amide bonds.